The van der Waals surface area contributed by atoms with Gasteiger partial charge in [-0.15, -0.1) is 11.6 Å². The van der Waals surface area contributed by atoms with Crippen molar-refractivity contribution in [3.05, 3.63) is 83.1 Å². The predicted octanol–water partition coefficient (Wildman–Crippen LogP) is 4.96. The first-order chi connectivity index (χ1) is 15.7. The third-order valence-corrected chi connectivity index (χ3v) is 6.24. The van der Waals surface area contributed by atoms with E-state index in [1.165, 1.54) is 0 Å². The second kappa shape index (κ2) is 13.0. The molecule has 0 aliphatic rings. The lowest BCUT2D eigenvalue weighted by molar-refractivity contribution is 0.0906. The summed E-state index contributed by atoms with van der Waals surface area (Å²) in [6, 6.07) is 7.85. The third kappa shape index (κ3) is 8.34. The lowest BCUT2D eigenvalue weighted by atomic mass is 9.77. The van der Waals surface area contributed by atoms with Gasteiger partial charge in [-0.1, -0.05) is 38.6 Å². The summed E-state index contributed by atoms with van der Waals surface area (Å²) in [5.74, 6) is 1.22. The fraction of sp³-hybridized carbons (Fsp3) is 0.400. The van der Waals surface area contributed by atoms with Crippen molar-refractivity contribution in [2.75, 3.05) is 19.1 Å². The molecule has 180 valence electrons. The van der Waals surface area contributed by atoms with Crippen LogP contribution in [0.3, 0.4) is 0 Å². The molecule has 2 N–H and O–H groups in total. The number of alkyl halides is 1. The summed E-state index contributed by atoms with van der Waals surface area (Å²) in [6.45, 7) is 10.9. The largest absolute Gasteiger partial charge is 0.491 e. The van der Waals surface area contributed by atoms with Gasteiger partial charge in [-0.05, 0) is 52.2 Å². The summed E-state index contributed by atoms with van der Waals surface area (Å²) >= 11 is 9.12. The van der Waals surface area contributed by atoms with Gasteiger partial charge in [0.1, 0.15) is 36.9 Å². The molecular formula is C25H32BrClN2O4. The Balaban J connectivity index is 2.01. The molecule has 0 unspecified atom stereocenters. The molecule has 0 spiro atoms. The van der Waals surface area contributed by atoms with Crippen molar-refractivity contribution >= 4 is 27.5 Å². The van der Waals surface area contributed by atoms with Crippen LogP contribution in [0.5, 0.6) is 5.75 Å². The maximum Gasteiger partial charge on any atom is 0.126 e. The van der Waals surface area contributed by atoms with Crippen LogP contribution in [-0.2, 0) is 16.7 Å². The van der Waals surface area contributed by atoms with E-state index in [1.54, 1.807) is 18.7 Å². The molecular weight excluding hydrogens is 508 g/mol. The number of allylic oxidation sites excluding steroid dienone is 4. The minimum Gasteiger partial charge on any atom is -0.491 e. The van der Waals surface area contributed by atoms with Crippen molar-refractivity contribution in [3.8, 4) is 5.75 Å². The molecule has 0 aliphatic heterocycles. The Bertz CT molecular complexity index is 940. The second-order valence-electron chi connectivity index (χ2n) is 8.15. The van der Waals surface area contributed by atoms with Gasteiger partial charge in [0.15, 0.2) is 0 Å². The number of aliphatic hydroxyl groups excluding tert-OH is 2. The Labute approximate surface area is 209 Å². The molecule has 0 fully saturated rings. The zero-order valence-electron chi connectivity index (χ0n) is 19.2. The van der Waals surface area contributed by atoms with Crippen molar-refractivity contribution in [3.63, 3.8) is 0 Å². The molecule has 1 heterocycles. The normalized spacial score (nSPS) is 14.6. The Morgan fingerprint density at radius 3 is 2.52 bits per heavy atom. The van der Waals surface area contributed by atoms with E-state index in [1.807, 2.05) is 47.9 Å². The number of imidazole rings is 1. The summed E-state index contributed by atoms with van der Waals surface area (Å²) < 4.78 is 13.7. The molecule has 0 saturated heterocycles. The fourth-order valence-electron chi connectivity index (χ4n) is 3.17. The maximum absolute atomic E-state index is 10.2. The molecule has 0 aliphatic carbocycles. The van der Waals surface area contributed by atoms with E-state index in [9.17, 15) is 10.2 Å². The molecule has 2 rings (SSSR count). The summed E-state index contributed by atoms with van der Waals surface area (Å²) in [5, 5.41) is 19.7. The van der Waals surface area contributed by atoms with Crippen LogP contribution in [0.25, 0.3) is 0 Å². The Kier molecular flexibility index (Phi) is 10.7. The molecule has 0 amide bonds. The van der Waals surface area contributed by atoms with Crippen LogP contribution in [0, 0.1) is 0 Å². The molecule has 8 heteroatoms. The highest BCUT2D eigenvalue weighted by Crippen LogP contribution is 2.35. The van der Waals surface area contributed by atoms with E-state index in [0.717, 1.165) is 11.1 Å². The van der Waals surface area contributed by atoms with Crippen LogP contribution in [0.15, 0.2) is 77.5 Å². The number of hydrogen-bond donors (Lipinski definition) is 2. The topological polar surface area (TPSA) is 76.7 Å². The van der Waals surface area contributed by atoms with Gasteiger partial charge >= 0.3 is 0 Å². The Morgan fingerprint density at radius 1 is 1.24 bits per heavy atom. The molecule has 1 aromatic carbocycles. The van der Waals surface area contributed by atoms with Gasteiger partial charge in [-0.2, -0.15) is 0 Å². The molecule has 2 atom stereocenters. The molecule has 0 saturated carbocycles. The minimum atomic E-state index is -0.742. The zero-order valence-corrected chi connectivity index (χ0v) is 21.6. The number of ether oxygens (including phenoxy) is 2. The molecule has 0 radical (unpaired) electrons. The van der Waals surface area contributed by atoms with Gasteiger partial charge in [-0.25, -0.2) is 4.98 Å². The zero-order chi connectivity index (χ0) is 24.4. The van der Waals surface area contributed by atoms with E-state index in [4.69, 9.17) is 21.1 Å². The van der Waals surface area contributed by atoms with Crippen LogP contribution >= 0.6 is 27.5 Å². The summed E-state index contributed by atoms with van der Waals surface area (Å²) in [6.07, 6.45) is 7.77. The van der Waals surface area contributed by atoms with Crippen molar-refractivity contribution in [2.45, 2.75) is 44.9 Å². The van der Waals surface area contributed by atoms with Crippen molar-refractivity contribution in [1.29, 1.82) is 0 Å². The van der Waals surface area contributed by atoms with Crippen LogP contribution in [-0.4, -0.2) is 51.1 Å². The summed E-state index contributed by atoms with van der Waals surface area (Å²) in [5.41, 5.74) is 1.85. The van der Waals surface area contributed by atoms with Crippen LogP contribution < -0.4 is 4.74 Å². The number of aromatic nitrogens is 2. The second-order valence-corrected chi connectivity index (χ2v) is 9.32. The molecule has 0 bridgehead atoms. The highest BCUT2D eigenvalue weighted by molar-refractivity contribution is 9.12. The standard InChI is InChI=1S/C25H32BrClN2O4/c1-5-19(12-24(26)18(2)32-15-21(30)13-27)25(3,4)20-6-8-23(9-7-20)33-16-22(31)14-29-11-10-28-17-29/h5-12,17,21-22,30-31H,2,13-16H2,1,3-4H3/b19-5+,24-12+/t21-,22+/m0/s1. The van der Waals surface area contributed by atoms with E-state index in [2.05, 4.69) is 41.3 Å². The number of nitrogens with zero attached hydrogens (tertiary/aromatic N) is 2. The van der Waals surface area contributed by atoms with Crippen LogP contribution in [0.1, 0.15) is 26.3 Å². The van der Waals surface area contributed by atoms with E-state index in [0.29, 0.717) is 22.5 Å². The maximum atomic E-state index is 10.2. The quantitative estimate of drug-likeness (QED) is 0.214. The average molecular weight is 540 g/mol. The molecule has 1 aromatic heterocycles. The lowest BCUT2D eigenvalue weighted by Gasteiger charge is -2.28. The average Bonchev–Trinajstić information content (AvgIpc) is 3.32. The minimum absolute atomic E-state index is 0.0817. The molecule has 33 heavy (non-hydrogen) atoms. The van der Waals surface area contributed by atoms with E-state index in [-0.39, 0.29) is 24.5 Å². The number of aliphatic hydroxyl groups is 2. The lowest BCUT2D eigenvalue weighted by Crippen LogP contribution is -2.23. The molecule has 6 nitrogen and oxygen atoms in total. The van der Waals surface area contributed by atoms with Crippen molar-refractivity contribution in [1.82, 2.24) is 9.55 Å². The Morgan fingerprint density at radius 2 is 1.94 bits per heavy atom. The molecule has 2 aromatic rings. The number of rotatable bonds is 13. The monoisotopic (exact) mass is 538 g/mol. The van der Waals surface area contributed by atoms with Crippen molar-refractivity contribution < 1.29 is 19.7 Å². The SMILES string of the molecule is C=C(OC[C@@H](O)CCl)/C(Br)=C\C(=C/C)C(C)(C)c1ccc(OC[C@H](O)Cn2ccnc2)cc1. The number of halogens is 2. The number of benzene rings is 1. The first-order valence-corrected chi connectivity index (χ1v) is 12.0. The van der Waals surface area contributed by atoms with Gasteiger partial charge in [0.05, 0.1) is 23.2 Å². The highest BCUT2D eigenvalue weighted by atomic mass is 79.9. The van der Waals surface area contributed by atoms with Gasteiger partial charge in [0.25, 0.3) is 0 Å². The van der Waals surface area contributed by atoms with Crippen LogP contribution in [0.4, 0.5) is 0 Å². The highest BCUT2D eigenvalue weighted by Gasteiger charge is 2.24. The fourth-order valence-corrected chi connectivity index (χ4v) is 3.62. The summed E-state index contributed by atoms with van der Waals surface area (Å²) in [7, 11) is 0. The van der Waals surface area contributed by atoms with Crippen molar-refractivity contribution in [2.24, 2.45) is 0 Å². The predicted molar refractivity (Wildman–Crippen MR) is 136 cm³/mol. The van der Waals surface area contributed by atoms with E-state index >= 15 is 0 Å². The first kappa shape index (κ1) is 27.2. The smallest absolute Gasteiger partial charge is 0.126 e. The number of hydrogen-bond acceptors (Lipinski definition) is 5. The Hall–Kier alpha value is -2.06. The first-order valence-electron chi connectivity index (χ1n) is 10.6. The van der Waals surface area contributed by atoms with E-state index < -0.39 is 12.2 Å². The van der Waals surface area contributed by atoms with Gasteiger partial charge in [0.2, 0.25) is 0 Å². The van der Waals surface area contributed by atoms with Gasteiger partial charge < -0.3 is 24.3 Å². The third-order valence-electron chi connectivity index (χ3n) is 5.21. The van der Waals surface area contributed by atoms with Gasteiger partial charge in [-0.3, -0.25) is 0 Å². The van der Waals surface area contributed by atoms with Gasteiger partial charge in [0, 0.05) is 17.8 Å². The van der Waals surface area contributed by atoms with Crippen LogP contribution in [0.2, 0.25) is 0 Å². The summed E-state index contributed by atoms with van der Waals surface area (Å²) in [4.78, 5) is 3.97.